The first kappa shape index (κ1) is 12.2. The zero-order valence-corrected chi connectivity index (χ0v) is 12.0. The Morgan fingerprint density at radius 1 is 1.05 bits per heavy atom. The molecule has 2 aromatic carbocycles. The minimum Gasteiger partial charge on any atom is -0.438 e. The molecular weight excluding hydrogens is 302 g/mol. The lowest BCUT2D eigenvalue weighted by molar-refractivity contribution is 0.460. The summed E-state index contributed by atoms with van der Waals surface area (Å²) in [5.41, 5.74) is 1.13. The van der Waals surface area contributed by atoms with E-state index < -0.39 is 0 Å². The van der Waals surface area contributed by atoms with Crippen LogP contribution in [0.5, 0.6) is 11.6 Å². The molecule has 0 N–H and O–H groups in total. The van der Waals surface area contributed by atoms with E-state index in [4.69, 9.17) is 4.74 Å². The minimum absolute atomic E-state index is 0.607. The fraction of sp³-hybridized carbons (Fsp3) is 0.0625. The summed E-state index contributed by atoms with van der Waals surface area (Å²) in [4.78, 5) is 4.21. The lowest BCUT2D eigenvalue weighted by atomic mass is 10.1. The summed E-state index contributed by atoms with van der Waals surface area (Å²) in [6.45, 7) is 2.02. The van der Waals surface area contributed by atoms with E-state index in [0.717, 1.165) is 21.2 Å². The highest BCUT2D eigenvalue weighted by Crippen LogP contribution is 2.35. The highest BCUT2D eigenvalue weighted by atomic mass is 79.9. The molecule has 1 heterocycles. The number of hydrogen-bond acceptors (Lipinski definition) is 2. The van der Waals surface area contributed by atoms with Crippen molar-refractivity contribution in [1.29, 1.82) is 0 Å². The third-order valence-electron chi connectivity index (χ3n) is 2.93. The Bertz CT molecular complexity index is 740. The number of nitrogens with zero attached hydrogens (tertiary/aromatic N) is 1. The Hall–Kier alpha value is -1.87. The lowest BCUT2D eigenvalue weighted by Crippen LogP contribution is -1.89. The molecule has 0 amide bonds. The van der Waals surface area contributed by atoms with Crippen LogP contribution in [0.1, 0.15) is 5.56 Å². The number of halogens is 1. The molecule has 0 aliphatic carbocycles. The van der Waals surface area contributed by atoms with Crippen molar-refractivity contribution in [2.24, 2.45) is 0 Å². The molecule has 0 aliphatic heterocycles. The second kappa shape index (κ2) is 5.02. The summed E-state index contributed by atoms with van der Waals surface area (Å²) in [7, 11) is 0. The molecule has 0 saturated heterocycles. The van der Waals surface area contributed by atoms with Gasteiger partial charge >= 0.3 is 0 Å². The van der Waals surface area contributed by atoms with Crippen LogP contribution in [-0.4, -0.2) is 4.98 Å². The van der Waals surface area contributed by atoms with Crippen molar-refractivity contribution < 1.29 is 4.74 Å². The third-order valence-corrected chi connectivity index (χ3v) is 3.75. The van der Waals surface area contributed by atoms with E-state index in [2.05, 4.69) is 33.0 Å². The molecule has 0 saturated carbocycles. The van der Waals surface area contributed by atoms with Crippen LogP contribution in [0.15, 0.2) is 59.2 Å². The maximum Gasteiger partial charge on any atom is 0.219 e. The van der Waals surface area contributed by atoms with Crippen LogP contribution in [0, 0.1) is 6.92 Å². The SMILES string of the molecule is Cc1ccnc(Oc2ccc3ccccc3c2Br)c1. The van der Waals surface area contributed by atoms with Gasteiger partial charge in [-0.05, 0) is 51.3 Å². The number of pyridine rings is 1. The molecule has 94 valence electrons. The Kier molecular flexibility index (Phi) is 3.22. The largest absolute Gasteiger partial charge is 0.438 e. The number of benzene rings is 2. The molecule has 3 rings (SSSR count). The van der Waals surface area contributed by atoms with Crippen LogP contribution in [0.4, 0.5) is 0 Å². The third kappa shape index (κ3) is 2.47. The van der Waals surface area contributed by atoms with Gasteiger partial charge in [-0.25, -0.2) is 4.98 Å². The van der Waals surface area contributed by atoms with Crippen molar-refractivity contribution in [1.82, 2.24) is 4.98 Å². The van der Waals surface area contributed by atoms with Crippen molar-refractivity contribution in [2.45, 2.75) is 6.92 Å². The van der Waals surface area contributed by atoms with Gasteiger partial charge in [-0.3, -0.25) is 0 Å². The van der Waals surface area contributed by atoms with Gasteiger partial charge in [0.2, 0.25) is 5.88 Å². The molecule has 3 heteroatoms. The summed E-state index contributed by atoms with van der Waals surface area (Å²) in [5.74, 6) is 1.38. The zero-order chi connectivity index (χ0) is 13.2. The zero-order valence-electron chi connectivity index (χ0n) is 10.4. The fourth-order valence-electron chi connectivity index (χ4n) is 1.97. The number of rotatable bonds is 2. The molecule has 1 aromatic heterocycles. The molecule has 0 spiro atoms. The first-order chi connectivity index (χ1) is 9.24. The van der Waals surface area contributed by atoms with Crippen LogP contribution >= 0.6 is 15.9 Å². The standard InChI is InChI=1S/C16H12BrNO/c1-11-8-9-18-15(10-11)19-14-7-6-12-4-2-3-5-13(12)16(14)17/h2-10H,1H3. The van der Waals surface area contributed by atoms with Gasteiger partial charge in [0.05, 0.1) is 4.47 Å². The first-order valence-electron chi connectivity index (χ1n) is 6.02. The van der Waals surface area contributed by atoms with Crippen molar-refractivity contribution in [3.63, 3.8) is 0 Å². The van der Waals surface area contributed by atoms with Gasteiger partial charge in [-0.2, -0.15) is 0 Å². The predicted octanol–water partition coefficient (Wildman–Crippen LogP) is 5.10. The van der Waals surface area contributed by atoms with E-state index in [1.807, 2.05) is 43.3 Å². The number of aromatic nitrogens is 1. The van der Waals surface area contributed by atoms with E-state index >= 15 is 0 Å². The molecule has 19 heavy (non-hydrogen) atoms. The number of aryl methyl sites for hydroxylation is 1. The smallest absolute Gasteiger partial charge is 0.219 e. The van der Waals surface area contributed by atoms with E-state index in [9.17, 15) is 0 Å². The Labute approximate surface area is 120 Å². The first-order valence-corrected chi connectivity index (χ1v) is 6.81. The summed E-state index contributed by atoms with van der Waals surface area (Å²) in [5, 5.41) is 2.31. The van der Waals surface area contributed by atoms with Crippen LogP contribution in [-0.2, 0) is 0 Å². The van der Waals surface area contributed by atoms with E-state index in [1.165, 1.54) is 5.39 Å². The molecule has 0 radical (unpaired) electrons. The average Bonchev–Trinajstić information content (AvgIpc) is 2.42. The van der Waals surface area contributed by atoms with Gasteiger partial charge in [0.1, 0.15) is 5.75 Å². The van der Waals surface area contributed by atoms with Crippen LogP contribution < -0.4 is 4.74 Å². The van der Waals surface area contributed by atoms with E-state index in [0.29, 0.717) is 5.88 Å². The van der Waals surface area contributed by atoms with Gasteiger partial charge in [-0.1, -0.05) is 30.3 Å². The summed E-state index contributed by atoms with van der Waals surface area (Å²) in [6.07, 6.45) is 1.75. The molecule has 2 nitrogen and oxygen atoms in total. The summed E-state index contributed by atoms with van der Waals surface area (Å²) < 4.78 is 6.79. The van der Waals surface area contributed by atoms with Crippen molar-refractivity contribution in [2.75, 3.05) is 0 Å². The molecule has 0 unspecified atom stereocenters. The average molecular weight is 314 g/mol. The van der Waals surface area contributed by atoms with Crippen molar-refractivity contribution >= 4 is 26.7 Å². The molecular formula is C16H12BrNO. The fourth-order valence-corrected chi connectivity index (χ4v) is 2.54. The van der Waals surface area contributed by atoms with Crippen LogP contribution in [0.3, 0.4) is 0 Å². The van der Waals surface area contributed by atoms with Gasteiger partial charge in [0.15, 0.2) is 0 Å². The van der Waals surface area contributed by atoms with Gasteiger partial charge in [0.25, 0.3) is 0 Å². The number of ether oxygens (including phenoxy) is 1. The monoisotopic (exact) mass is 313 g/mol. The second-order valence-corrected chi connectivity index (χ2v) is 5.17. The van der Waals surface area contributed by atoms with Crippen molar-refractivity contribution in [3.05, 3.63) is 64.8 Å². The van der Waals surface area contributed by atoms with Crippen LogP contribution in [0.25, 0.3) is 10.8 Å². The van der Waals surface area contributed by atoms with E-state index in [-0.39, 0.29) is 0 Å². The molecule has 0 bridgehead atoms. The Balaban J connectivity index is 2.04. The highest BCUT2D eigenvalue weighted by Gasteiger charge is 2.07. The second-order valence-electron chi connectivity index (χ2n) is 4.37. The van der Waals surface area contributed by atoms with Gasteiger partial charge in [-0.15, -0.1) is 0 Å². The van der Waals surface area contributed by atoms with Crippen molar-refractivity contribution in [3.8, 4) is 11.6 Å². The summed E-state index contributed by atoms with van der Waals surface area (Å²) >= 11 is 3.61. The van der Waals surface area contributed by atoms with Crippen LogP contribution in [0.2, 0.25) is 0 Å². The lowest BCUT2D eigenvalue weighted by Gasteiger charge is -2.09. The number of fused-ring (bicyclic) bond motifs is 1. The number of hydrogen-bond donors (Lipinski definition) is 0. The van der Waals surface area contributed by atoms with E-state index in [1.54, 1.807) is 6.20 Å². The highest BCUT2D eigenvalue weighted by molar-refractivity contribution is 9.10. The predicted molar refractivity (Wildman–Crippen MR) is 80.7 cm³/mol. The Morgan fingerprint density at radius 2 is 1.89 bits per heavy atom. The maximum atomic E-state index is 5.84. The maximum absolute atomic E-state index is 5.84. The molecule has 3 aromatic rings. The summed E-state index contributed by atoms with van der Waals surface area (Å²) in [6, 6.07) is 16.1. The Morgan fingerprint density at radius 3 is 2.74 bits per heavy atom. The molecule has 0 fully saturated rings. The molecule has 0 aliphatic rings. The van der Waals surface area contributed by atoms with Gasteiger partial charge in [0, 0.05) is 12.3 Å². The minimum atomic E-state index is 0.607. The normalized spacial score (nSPS) is 10.6. The topological polar surface area (TPSA) is 22.1 Å². The van der Waals surface area contributed by atoms with Gasteiger partial charge < -0.3 is 4.74 Å². The quantitative estimate of drug-likeness (QED) is 0.656. The molecule has 0 atom stereocenters.